The van der Waals surface area contributed by atoms with Crippen molar-refractivity contribution in [3.8, 4) is 23.2 Å². The van der Waals surface area contributed by atoms with E-state index in [2.05, 4.69) is 53.0 Å². The fraction of sp³-hybridized carbons (Fsp3) is 0.263. The third-order valence-electron chi connectivity index (χ3n) is 7.93. The number of carbonyl (C=O) groups excluding carboxylic acids is 1. The molecule has 1 atom stereocenters. The first-order valence-corrected chi connectivity index (χ1v) is 15.5. The number of pyridine rings is 2. The van der Waals surface area contributed by atoms with Crippen LogP contribution < -0.4 is 9.64 Å². The molecule has 0 fully saturated rings. The second-order valence-electron chi connectivity index (χ2n) is 11.0. The van der Waals surface area contributed by atoms with Gasteiger partial charge in [-0.05, 0) is 99.7 Å². The van der Waals surface area contributed by atoms with Gasteiger partial charge < -0.3 is 14.4 Å². The molecule has 3 heterocycles. The predicted molar refractivity (Wildman–Crippen MR) is 178 cm³/mol. The molecular weight excluding hydrogens is 560 g/mol. The van der Waals surface area contributed by atoms with Crippen molar-refractivity contribution in [3.05, 3.63) is 119 Å². The number of aromatic nitrogens is 2. The largest absolute Gasteiger partial charge is 0.458 e. The normalized spacial score (nSPS) is 13.9. The van der Waals surface area contributed by atoms with Gasteiger partial charge in [-0.1, -0.05) is 30.3 Å². The number of esters is 1. The van der Waals surface area contributed by atoms with Crippen LogP contribution in [0.15, 0.2) is 97.0 Å². The van der Waals surface area contributed by atoms with Crippen molar-refractivity contribution in [1.29, 1.82) is 5.26 Å². The van der Waals surface area contributed by atoms with Gasteiger partial charge in [-0.3, -0.25) is 14.8 Å². The molecule has 228 valence electrons. The molecule has 0 aliphatic carbocycles. The van der Waals surface area contributed by atoms with E-state index in [0.29, 0.717) is 41.2 Å². The van der Waals surface area contributed by atoms with Crippen molar-refractivity contribution < 1.29 is 14.3 Å². The maximum Gasteiger partial charge on any atom is 0.306 e. The standard InChI is InChI=1S/C38H38N4O3/c1-5-42(6-2)30-15-16-31-32(27(4)44-38(43)14-10-13-28-11-8-7-9-12-28)24-37(45-36(31)23-30)33(25-39)29-18-20-41-35(22-29)34-21-26(3)17-19-40-34/h7-9,11-12,15-24,27H,5-6,10,13-14H2,1-4H3/b37-33-. The lowest BCUT2D eigenvalue weighted by molar-refractivity contribution is -0.145. The van der Waals surface area contributed by atoms with Gasteiger partial charge in [-0.2, -0.15) is 5.26 Å². The highest BCUT2D eigenvalue weighted by Crippen LogP contribution is 2.40. The van der Waals surface area contributed by atoms with Crippen LogP contribution in [0.3, 0.4) is 0 Å². The van der Waals surface area contributed by atoms with Gasteiger partial charge in [0.25, 0.3) is 0 Å². The monoisotopic (exact) mass is 598 g/mol. The highest BCUT2D eigenvalue weighted by molar-refractivity contribution is 5.88. The first kappa shape index (κ1) is 31.2. The minimum absolute atomic E-state index is 0.261. The predicted octanol–water partition coefficient (Wildman–Crippen LogP) is 7.96. The Labute approximate surface area is 265 Å². The lowest BCUT2D eigenvalue weighted by atomic mass is 9.94. The molecule has 0 saturated carbocycles. The maximum absolute atomic E-state index is 12.9. The van der Waals surface area contributed by atoms with E-state index < -0.39 is 6.10 Å². The van der Waals surface area contributed by atoms with E-state index in [1.807, 2.05) is 68.5 Å². The van der Waals surface area contributed by atoms with Crippen LogP contribution in [-0.4, -0.2) is 35.1 Å². The second kappa shape index (κ2) is 14.5. The number of rotatable bonds is 11. The van der Waals surface area contributed by atoms with Gasteiger partial charge in [0.2, 0.25) is 0 Å². The molecular formula is C38H38N4O3. The Morgan fingerprint density at radius 1 is 0.978 bits per heavy atom. The molecule has 2 aromatic carbocycles. The van der Waals surface area contributed by atoms with E-state index in [-0.39, 0.29) is 5.97 Å². The molecule has 0 radical (unpaired) electrons. The van der Waals surface area contributed by atoms with E-state index in [0.717, 1.165) is 47.6 Å². The topological polar surface area (TPSA) is 88.3 Å². The molecule has 2 aromatic heterocycles. The van der Waals surface area contributed by atoms with E-state index in [4.69, 9.17) is 9.47 Å². The summed E-state index contributed by atoms with van der Waals surface area (Å²) >= 11 is 0. The second-order valence-corrected chi connectivity index (χ2v) is 11.0. The van der Waals surface area contributed by atoms with Crippen LogP contribution in [0, 0.1) is 18.3 Å². The number of benzene rings is 2. The zero-order valence-corrected chi connectivity index (χ0v) is 26.3. The molecule has 7 nitrogen and oxygen atoms in total. The highest BCUT2D eigenvalue weighted by Gasteiger charge is 2.27. The quantitative estimate of drug-likeness (QED) is 0.128. The zero-order chi connectivity index (χ0) is 31.8. The summed E-state index contributed by atoms with van der Waals surface area (Å²) in [5.41, 5.74) is 7.27. The number of nitrogens with zero attached hydrogens (tertiary/aromatic N) is 4. The van der Waals surface area contributed by atoms with Crippen molar-refractivity contribution in [2.75, 3.05) is 18.0 Å². The molecule has 45 heavy (non-hydrogen) atoms. The highest BCUT2D eigenvalue weighted by atomic mass is 16.5. The van der Waals surface area contributed by atoms with E-state index in [1.165, 1.54) is 5.56 Å². The average molecular weight is 599 g/mol. The van der Waals surface area contributed by atoms with E-state index >= 15 is 0 Å². The SMILES string of the molecule is CCN(CC)c1ccc2c(c1)O/C(=C(/C#N)c1ccnc(-c3cc(C)ccn3)c1)C=C2C(C)OC(=O)CCCc1ccccc1. The molecule has 0 saturated heterocycles. The molecule has 0 bridgehead atoms. The number of carbonyl (C=O) groups is 1. The molecule has 7 heteroatoms. The summed E-state index contributed by atoms with van der Waals surface area (Å²) in [7, 11) is 0. The molecule has 5 rings (SSSR count). The summed E-state index contributed by atoms with van der Waals surface area (Å²) in [4.78, 5) is 24.1. The molecule has 0 N–H and O–H groups in total. The minimum atomic E-state index is -0.560. The van der Waals surface area contributed by atoms with Gasteiger partial charge in [-0.15, -0.1) is 0 Å². The Kier molecular flexibility index (Phi) is 10.1. The molecule has 0 amide bonds. The van der Waals surface area contributed by atoms with Crippen LogP contribution in [0.5, 0.6) is 5.75 Å². The first-order valence-electron chi connectivity index (χ1n) is 15.5. The van der Waals surface area contributed by atoms with Gasteiger partial charge in [0.05, 0.1) is 11.4 Å². The Hall–Kier alpha value is -5.22. The number of hydrogen-bond acceptors (Lipinski definition) is 7. The number of ether oxygens (including phenoxy) is 2. The lowest BCUT2D eigenvalue weighted by Gasteiger charge is -2.28. The number of fused-ring (bicyclic) bond motifs is 1. The smallest absolute Gasteiger partial charge is 0.306 e. The van der Waals surface area contributed by atoms with Crippen molar-refractivity contribution in [1.82, 2.24) is 9.97 Å². The summed E-state index contributed by atoms with van der Waals surface area (Å²) < 4.78 is 12.4. The third-order valence-corrected chi connectivity index (χ3v) is 7.93. The summed E-state index contributed by atoms with van der Waals surface area (Å²) in [6, 6.07) is 26.1. The van der Waals surface area contributed by atoms with Gasteiger partial charge in [-0.25, -0.2) is 0 Å². The number of hydrogen-bond donors (Lipinski definition) is 0. The van der Waals surface area contributed by atoms with Gasteiger partial charge in [0, 0.05) is 54.8 Å². The number of aryl methyl sites for hydroxylation is 2. The average Bonchev–Trinajstić information content (AvgIpc) is 3.06. The number of allylic oxidation sites excluding steroid dienone is 2. The van der Waals surface area contributed by atoms with Crippen molar-refractivity contribution in [2.45, 2.75) is 53.1 Å². The number of nitriles is 1. The molecule has 1 aliphatic rings. The Morgan fingerprint density at radius 2 is 1.71 bits per heavy atom. The Balaban J connectivity index is 1.48. The summed E-state index contributed by atoms with van der Waals surface area (Å²) in [5.74, 6) is 0.738. The third kappa shape index (κ3) is 7.47. The number of anilines is 1. The van der Waals surface area contributed by atoms with Crippen LogP contribution in [0.2, 0.25) is 0 Å². The van der Waals surface area contributed by atoms with Crippen LogP contribution in [0.4, 0.5) is 5.69 Å². The fourth-order valence-electron chi connectivity index (χ4n) is 5.51. The van der Waals surface area contributed by atoms with Crippen LogP contribution in [-0.2, 0) is 16.0 Å². The molecule has 0 spiro atoms. The Bertz CT molecular complexity index is 1770. The van der Waals surface area contributed by atoms with Crippen LogP contribution in [0.25, 0.3) is 22.5 Å². The Morgan fingerprint density at radius 3 is 2.42 bits per heavy atom. The lowest BCUT2D eigenvalue weighted by Crippen LogP contribution is -2.23. The van der Waals surface area contributed by atoms with Gasteiger partial charge in [0.15, 0.2) is 0 Å². The van der Waals surface area contributed by atoms with Crippen LogP contribution in [0.1, 0.15) is 55.9 Å². The summed E-state index contributed by atoms with van der Waals surface area (Å²) in [6.45, 7) is 9.77. The van der Waals surface area contributed by atoms with Crippen LogP contribution >= 0.6 is 0 Å². The summed E-state index contributed by atoms with van der Waals surface area (Å²) in [6.07, 6.45) is 6.51. The van der Waals surface area contributed by atoms with Gasteiger partial charge >= 0.3 is 5.97 Å². The molecule has 1 unspecified atom stereocenters. The van der Waals surface area contributed by atoms with E-state index in [1.54, 1.807) is 18.5 Å². The first-order chi connectivity index (χ1) is 21.9. The van der Waals surface area contributed by atoms with E-state index in [9.17, 15) is 10.1 Å². The summed E-state index contributed by atoms with van der Waals surface area (Å²) in [5, 5.41) is 10.4. The zero-order valence-electron chi connectivity index (χ0n) is 26.3. The molecule has 4 aromatic rings. The maximum atomic E-state index is 12.9. The van der Waals surface area contributed by atoms with Gasteiger partial charge in [0.1, 0.15) is 29.3 Å². The van der Waals surface area contributed by atoms with Crippen molar-refractivity contribution in [3.63, 3.8) is 0 Å². The minimum Gasteiger partial charge on any atom is -0.458 e. The van der Waals surface area contributed by atoms with Crippen molar-refractivity contribution in [2.24, 2.45) is 0 Å². The fourth-order valence-corrected chi connectivity index (χ4v) is 5.51. The molecule has 1 aliphatic heterocycles. The van der Waals surface area contributed by atoms with Crippen molar-refractivity contribution >= 4 is 22.8 Å².